The SMILES string of the molecule is Cc1cccc(OC(=O)NC23CC4CC(C2)CC(NC(=O)c2cccc(CCl)c2)(C4)C3)n1. The summed E-state index contributed by atoms with van der Waals surface area (Å²) in [6.07, 6.45) is 5.20. The number of hydrogen-bond donors (Lipinski definition) is 2. The van der Waals surface area contributed by atoms with Crippen molar-refractivity contribution in [1.82, 2.24) is 15.6 Å². The number of ether oxygens (including phenoxy) is 1. The summed E-state index contributed by atoms with van der Waals surface area (Å²) in [6.45, 7) is 1.86. The van der Waals surface area contributed by atoms with Crippen LogP contribution in [0, 0.1) is 18.8 Å². The minimum Gasteiger partial charge on any atom is -0.391 e. The van der Waals surface area contributed by atoms with Crippen LogP contribution in [-0.2, 0) is 5.88 Å². The molecule has 2 atom stereocenters. The fraction of sp³-hybridized carbons (Fsp3) is 0.480. The summed E-state index contributed by atoms with van der Waals surface area (Å²) in [5.74, 6) is 1.59. The summed E-state index contributed by atoms with van der Waals surface area (Å²) in [7, 11) is 0. The van der Waals surface area contributed by atoms with Crippen LogP contribution in [0.5, 0.6) is 5.88 Å². The average molecular weight is 454 g/mol. The van der Waals surface area contributed by atoms with Crippen LogP contribution in [0.1, 0.15) is 60.1 Å². The van der Waals surface area contributed by atoms with Crippen molar-refractivity contribution in [3.05, 3.63) is 59.3 Å². The molecule has 4 bridgehead atoms. The second kappa shape index (κ2) is 8.07. The molecule has 4 aliphatic rings. The zero-order valence-corrected chi connectivity index (χ0v) is 19.0. The summed E-state index contributed by atoms with van der Waals surface area (Å²) in [5.41, 5.74) is 1.70. The molecular formula is C25H28ClN3O3. The monoisotopic (exact) mass is 453 g/mol. The topological polar surface area (TPSA) is 80.3 Å². The second-order valence-corrected chi connectivity index (χ2v) is 10.2. The summed E-state index contributed by atoms with van der Waals surface area (Å²) in [4.78, 5) is 30.1. The normalized spacial score (nSPS) is 30.1. The molecule has 0 aliphatic heterocycles. The van der Waals surface area contributed by atoms with E-state index >= 15 is 0 Å². The molecule has 4 aliphatic carbocycles. The van der Waals surface area contributed by atoms with E-state index in [1.54, 1.807) is 6.07 Å². The van der Waals surface area contributed by atoms with Gasteiger partial charge in [0.15, 0.2) is 0 Å². The van der Waals surface area contributed by atoms with Gasteiger partial charge in [-0.2, -0.15) is 0 Å². The van der Waals surface area contributed by atoms with Gasteiger partial charge in [-0.1, -0.05) is 18.2 Å². The number of carbonyl (C=O) groups excluding carboxylic acids is 2. The highest BCUT2D eigenvalue weighted by Crippen LogP contribution is 2.57. The first-order valence-electron chi connectivity index (χ1n) is 11.3. The number of amides is 2. The maximum absolute atomic E-state index is 13.1. The number of carbonyl (C=O) groups is 2. The molecule has 6 rings (SSSR count). The zero-order valence-electron chi connectivity index (χ0n) is 18.2. The Morgan fingerprint density at radius 2 is 1.75 bits per heavy atom. The molecule has 7 heteroatoms. The summed E-state index contributed by atoms with van der Waals surface area (Å²) in [6, 6.07) is 12.8. The van der Waals surface area contributed by atoms with Crippen LogP contribution in [-0.4, -0.2) is 28.1 Å². The van der Waals surface area contributed by atoms with Gasteiger partial charge in [-0.25, -0.2) is 9.78 Å². The van der Waals surface area contributed by atoms with Gasteiger partial charge >= 0.3 is 6.09 Å². The van der Waals surface area contributed by atoms with Crippen LogP contribution in [0.4, 0.5) is 4.79 Å². The molecule has 0 radical (unpaired) electrons. The Bertz CT molecular complexity index is 1040. The number of alkyl halides is 1. The van der Waals surface area contributed by atoms with Gasteiger partial charge in [-0.15, -0.1) is 11.6 Å². The van der Waals surface area contributed by atoms with E-state index in [4.69, 9.17) is 16.3 Å². The molecule has 2 aromatic rings. The number of nitrogens with one attached hydrogen (secondary N) is 2. The van der Waals surface area contributed by atoms with Gasteiger partial charge in [0, 0.05) is 34.3 Å². The van der Waals surface area contributed by atoms with Gasteiger partial charge in [-0.3, -0.25) is 4.79 Å². The lowest BCUT2D eigenvalue weighted by Crippen LogP contribution is -2.70. The summed E-state index contributed by atoms with van der Waals surface area (Å²) >= 11 is 5.95. The second-order valence-electron chi connectivity index (χ2n) is 9.94. The third-order valence-electron chi connectivity index (χ3n) is 7.21. The fourth-order valence-electron chi connectivity index (χ4n) is 6.58. The molecule has 0 spiro atoms. The average Bonchev–Trinajstić information content (AvgIpc) is 2.72. The molecular weight excluding hydrogens is 426 g/mol. The predicted molar refractivity (Wildman–Crippen MR) is 122 cm³/mol. The zero-order chi connectivity index (χ0) is 22.3. The van der Waals surface area contributed by atoms with Crippen molar-refractivity contribution in [3.8, 4) is 5.88 Å². The molecule has 6 nitrogen and oxygen atoms in total. The third kappa shape index (κ3) is 4.20. The molecule has 2 N–H and O–H groups in total. The smallest absolute Gasteiger partial charge is 0.391 e. The van der Waals surface area contributed by atoms with Crippen LogP contribution in [0.15, 0.2) is 42.5 Å². The first kappa shape index (κ1) is 21.3. The van der Waals surface area contributed by atoms with Gasteiger partial charge in [-0.05, 0) is 81.0 Å². The Morgan fingerprint density at radius 1 is 1.06 bits per heavy atom. The lowest BCUT2D eigenvalue weighted by atomic mass is 9.50. The molecule has 2 unspecified atom stereocenters. The fourth-order valence-corrected chi connectivity index (χ4v) is 6.74. The van der Waals surface area contributed by atoms with E-state index < -0.39 is 6.09 Å². The molecule has 0 saturated heterocycles. The number of pyridine rings is 1. The van der Waals surface area contributed by atoms with E-state index in [1.807, 2.05) is 43.3 Å². The van der Waals surface area contributed by atoms with Crippen molar-refractivity contribution >= 4 is 23.6 Å². The van der Waals surface area contributed by atoms with Crippen molar-refractivity contribution in [2.24, 2.45) is 11.8 Å². The van der Waals surface area contributed by atoms with Gasteiger partial charge in [0.2, 0.25) is 5.88 Å². The van der Waals surface area contributed by atoms with Crippen molar-refractivity contribution in [3.63, 3.8) is 0 Å². The van der Waals surface area contributed by atoms with Crippen molar-refractivity contribution in [2.45, 2.75) is 62.4 Å². The molecule has 168 valence electrons. The van der Waals surface area contributed by atoms with E-state index in [0.29, 0.717) is 29.2 Å². The van der Waals surface area contributed by atoms with Crippen LogP contribution < -0.4 is 15.4 Å². The molecule has 1 heterocycles. The Balaban J connectivity index is 1.32. The van der Waals surface area contributed by atoms with Crippen molar-refractivity contribution in [1.29, 1.82) is 0 Å². The lowest BCUT2D eigenvalue weighted by Gasteiger charge is -2.62. The summed E-state index contributed by atoms with van der Waals surface area (Å²) < 4.78 is 5.48. The maximum Gasteiger partial charge on any atom is 0.414 e. The van der Waals surface area contributed by atoms with Gasteiger partial charge in [0.05, 0.1) is 0 Å². The lowest BCUT2D eigenvalue weighted by molar-refractivity contribution is -0.0449. The Morgan fingerprint density at radius 3 is 2.44 bits per heavy atom. The van der Waals surface area contributed by atoms with Crippen LogP contribution in [0.25, 0.3) is 0 Å². The van der Waals surface area contributed by atoms with Gasteiger partial charge in [0.25, 0.3) is 5.91 Å². The Labute approximate surface area is 193 Å². The molecule has 1 aromatic carbocycles. The standard InChI is InChI=1S/C25H28ClN3O3/c1-16-4-2-7-21(27-16)32-23(31)29-25-12-18-8-19(13-25)11-24(10-18,15-25)28-22(30)20-6-3-5-17(9-20)14-26/h2-7,9,18-19H,8,10-15H2,1H3,(H,28,30)(H,29,31). The molecule has 1 aromatic heterocycles. The van der Waals surface area contributed by atoms with Gasteiger partial charge < -0.3 is 15.4 Å². The highest BCUT2D eigenvalue weighted by molar-refractivity contribution is 6.17. The Kier molecular flexibility index (Phi) is 5.36. The van der Waals surface area contributed by atoms with Crippen LogP contribution in [0.3, 0.4) is 0 Å². The number of benzene rings is 1. The quantitative estimate of drug-likeness (QED) is 0.641. The maximum atomic E-state index is 13.1. The predicted octanol–water partition coefficient (Wildman–Crippen LogP) is 4.74. The largest absolute Gasteiger partial charge is 0.414 e. The van der Waals surface area contributed by atoms with E-state index in [0.717, 1.165) is 49.8 Å². The number of nitrogens with zero attached hydrogens (tertiary/aromatic N) is 1. The number of halogens is 1. The molecule has 4 saturated carbocycles. The molecule has 32 heavy (non-hydrogen) atoms. The number of hydrogen-bond acceptors (Lipinski definition) is 4. The minimum absolute atomic E-state index is 0.0689. The van der Waals surface area contributed by atoms with Crippen molar-refractivity contribution < 1.29 is 14.3 Å². The number of rotatable bonds is 5. The van der Waals surface area contributed by atoms with Crippen LogP contribution >= 0.6 is 11.6 Å². The molecule has 2 amide bonds. The van der Waals surface area contributed by atoms with Gasteiger partial charge in [0.1, 0.15) is 0 Å². The number of aromatic nitrogens is 1. The molecule has 4 fully saturated rings. The van der Waals surface area contributed by atoms with Crippen LogP contribution in [0.2, 0.25) is 0 Å². The summed E-state index contributed by atoms with van der Waals surface area (Å²) in [5, 5.41) is 6.54. The van der Waals surface area contributed by atoms with E-state index in [2.05, 4.69) is 15.6 Å². The highest BCUT2D eigenvalue weighted by atomic mass is 35.5. The van der Waals surface area contributed by atoms with E-state index in [-0.39, 0.29) is 17.0 Å². The first-order valence-corrected chi connectivity index (χ1v) is 11.8. The Hall–Kier alpha value is -2.60. The van der Waals surface area contributed by atoms with E-state index in [1.165, 1.54) is 0 Å². The number of aryl methyl sites for hydroxylation is 1. The highest BCUT2D eigenvalue weighted by Gasteiger charge is 2.59. The third-order valence-corrected chi connectivity index (χ3v) is 7.52. The first-order chi connectivity index (χ1) is 15.4. The van der Waals surface area contributed by atoms with E-state index in [9.17, 15) is 9.59 Å². The van der Waals surface area contributed by atoms with Crippen molar-refractivity contribution in [2.75, 3.05) is 0 Å². The minimum atomic E-state index is -0.471.